The van der Waals surface area contributed by atoms with Gasteiger partial charge in [-0.25, -0.2) is 9.07 Å². The fraction of sp³-hybridized carbons (Fsp3) is 0.0952. The van der Waals surface area contributed by atoms with Crippen LogP contribution >= 0.6 is 22.9 Å². The molecule has 2 aromatic carbocycles. The second-order valence-electron chi connectivity index (χ2n) is 6.43. The van der Waals surface area contributed by atoms with Gasteiger partial charge in [-0.15, -0.1) is 5.10 Å². The highest BCUT2D eigenvalue weighted by Gasteiger charge is 2.23. The molecular weight excluding hydrogens is 411 g/mol. The summed E-state index contributed by atoms with van der Waals surface area (Å²) in [6, 6.07) is 14.8. The number of aromatic nitrogens is 3. The van der Waals surface area contributed by atoms with E-state index in [-0.39, 0.29) is 23.5 Å². The number of amides is 1. The first kappa shape index (κ1) is 19.3. The Morgan fingerprint density at radius 3 is 2.48 bits per heavy atom. The first-order valence-electron chi connectivity index (χ1n) is 8.79. The molecule has 0 aliphatic carbocycles. The van der Waals surface area contributed by atoms with Gasteiger partial charge in [0.2, 0.25) is 0 Å². The molecule has 1 N–H and O–H groups in total. The molecule has 0 aliphatic heterocycles. The van der Waals surface area contributed by atoms with Crippen LogP contribution in [0.25, 0.3) is 5.69 Å². The van der Waals surface area contributed by atoms with Gasteiger partial charge >= 0.3 is 0 Å². The standard InChI is InChI=1S/C21H16ClFN4OS/c1-13-19(25-26-27(13)18-8-6-17(23)7-9-18)21(28)24-20(15-10-11-29-12-15)14-2-4-16(22)5-3-14/h2-12,20H,1H3,(H,24,28). The highest BCUT2D eigenvalue weighted by molar-refractivity contribution is 7.08. The minimum atomic E-state index is -0.346. The quantitative estimate of drug-likeness (QED) is 0.491. The first-order valence-corrected chi connectivity index (χ1v) is 10.1. The number of hydrogen-bond donors (Lipinski definition) is 1. The van der Waals surface area contributed by atoms with Gasteiger partial charge in [-0.2, -0.15) is 11.3 Å². The molecule has 5 nitrogen and oxygen atoms in total. The molecule has 0 fully saturated rings. The van der Waals surface area contributed by atoms with Gasteiger partial charge in [0.1, 0.15) is 5.82 Å². The monoisotopic (exact) mass is 426 g/mol. The summed E-state index contributed by atoms with van der Waals surface area (Å²) in [7, 11) is 0. The number of nitrogens with zero attached hydrogens (tertiary/aromatic N) is 3. The number of rotatable bonds is 5. The fourth-order valence-corrected chi connectivity index (χ4v) is 3.83. The molecule has 8 heteroatoms. The van der Waals surface area contributed by atoms with Crippen molar-refractivity contribution in [1.82, 2.24) is 20.3 Å². The van der Waals surface area contributed by atoms with Gasteiger partial charge in [0.25, 0.3) is 5.91 Å². The number of carbonyl (C=O) groups is 1. The van der Waals surface area contributed by atoms with Crippen molar-refractivity contribution in [2.75, 3.05) is 0 Å². The molecule has 0 bridgehead atoms. The zero-order chi connectivity index (χ0) is 20.4. The van der Waals surface area contributed by atoms with E-state index in [0.29, 0.717) is 16.4 Å². The summed E-state index contributed by atoms with van der Waals surface area (Å²) in [6.45, 7) is 1.75. The third kappa shape index (κ3) is 4.06. The number of halogens is 2. The second-order valence-corrected chi connectivity index (χ2v) is 7.64. The summed E-state index contributed by atoms with van der Waals surface area (Å²) in [6.07, 6.45) is 0. The Balaban J connectivity index is 1.63. The van der Waals surface area contributed by atoms with Crippen molar-refractivity contribution in [3.8, 4) is 5.69 Å². The summed E-state index contributed by atoms with van der Waals surface area (Å²) >= 11 is 7.56. The van der Waals surface area contributed by atoms with Gasteiger partial charge in [0.15, 0.2) is 5.69 Å². The average Bonchev–Trinajstić information content (AvgIpc) is 3.38. The van der Waals surface area contributed by atoms with Crippen LogP contribution in [0.5, 0.6) is 0 Å². The number of nitrogens with one attached hydrogen (secondary N) is 1. The molecule has 1 unspecified atom stereocenters. The molecule has 2 aromatic heterocycles. The Bertz CT molecular complexity index is 1120. The lowest BCUT2D eigenvalue weighted by molar-refractivity contribution is 0.0937. The topological polar surface area (TPSA) is 59.8 Å². The Kier molecular flexibility index (Phi) is 5.42. The highest BCUT2D eigenvalue weighted by Crippen LogP contribution is 2.26. The fourth-order valence-electron chi connectivity index (χ4n) is 3.02. The molecule has 146 valence electrons. The van der Waals surface area contributed by atoms with Crippen molar-refractivity contribution in [1.29, 1.82) is 0 Å². The maximum atomic E-state index is 13.2. The molecule has 0 radical (unpaired) electrons. The number of thiophene rings is 1. The van der Waals surface area contributed by atoms with Crippen LogP contribution in [0.2, 0.25) is 5.02 Å². The van der Waals surface area contributed by atoms with Gasteiger partial charge in [-0.05, 0) is 71.3 Å². The van der Waals surface area contributed by atoms with Gasteiger partial charge < -0.3 is 5.32 Å². The SMILES string of the molecule is Cc1c(C(=O)NC(c2ccc(Cl)cc2)c2ccsc2)nnn1-c1ccc(F)cc1. The Labute approximate surface area is 175 Å². The lowest BCUT2D eigenvalue weighted by Crippen LogP contribution is -2.30. The van der Waals surface area contributed by atoms with Crippen LogP contribution in [0.15, 0.2) is 65.4 Å². The smallest absolute Gasteiger partial charge is 0.274 e. The Hall–Kier alpha value is -3.03. The molecule has 4 rings (SSSR count). The molecule has 2 heterocycles. The number of carbonyl (C=O) groups excluding carboxylic acids is 1. The third-order valence-electron chi connectivity index (χ3n) is 4.54. The highest BCUT2D eigenvalue weighted by atomic mass is 35.5. The normalized spacial score (nSPS) is 12.0. The molecule has 1 atom stereocenters. The number of benzene rings is 2. The molecule has 4 aromatic rings. The minimum Gasteiger partial charge on any atom is -0.340 e. The van der Waals surface area contributed by atoms with Crippen LogP contribution in [0.1, 0.15) is 33.4 Å². The predicted molar refractivity (Wildman–Crippen MR) is 111 cm³/mol. The summed E-state index contributed by atoms with van der Waals surface area (Å²) in [4.78, 5) is 13.0. The molecule has 0 spiro atoms. The Morgan fingerprint density at radius 2 is 1.83 bits per heavy atom. The van der Waals surface area contributed by atoms with E-state index in [1.54, 1.807) is 42.5 Å². The molecule has 29 heavy (non-hydrogen) atoms. The van der Waals surface area contributed by atoms with Crippen molar-refractivity contribution in [2.45, 2.75) is 13.0 Å². The van der Waals surface area contributed by atoms with E-state index >= 15 is 0 Å². The van der Waals surface area contributed by atoms with E-state index in [1.807, 2.05) is 29.0 Å². The van der Waals surface area contributed by atoms with E-state index < -0.39 is 0 Å². The number of hydrogen-bond acceptors (Lipinski definition) is 4. The van der Waals surface area contributed by atoms with E-state index in [1.165, 1.54) is 16.8 Å². The summed E-state index contributed by atoms with van der Waals surface area (Å²) in [5.74, 6) is -0.687. The molecule has 1 amide bonds. The van der Waals surface area contributed by atoms with Crippen LogP contribution in [0, 0.1) is 12.7 Å². The van der Waals surface area contributed by atoms with E-state index in [4.69, 9.17) is 11.6 Å². The van der Waals surface area contributed by atoms with Gasteiger partial charge in [-0.3, -0.25) is 4.79 Å². The third-order valence-corrected chi connectivity index (χ3v) is 5.49. The lowest BCUT2D eigenvalue weighted by atomic mass is 10.0. The average molecular weight is 427 g/mol. The van der Waals surface area contributed by atoms with Gasteiger partial charge in [0.05, 0.1) is 17.4 Å². The molecular formula is C21H16ClFN4OS. The summed E-state index contributed by atoms with van der Waals surface area (Å²) < 4.78 is 14.7. The summed E-state index contributed by atoms with van der Waals surface area (Å²) in [5, 5.41) is 15.7. The Morgan fingerprint density at radius 1 is 1.10 bits per heavy atom. The van der Waals surface area contributed by atoms with E-state index in [9.17, 15) is 9.18 Å². The van der Waals surface area contributed by atoms with Gasteiger partial charge in [0, 0.05) is 5.02 Å². The zero-order valence-electron chi connectivity index (χ0n) is 15.3. The van der Waals surface area contributed by atoms with Crippen LogP contribution < -0.4 is 5.32 Å². The predicted octanol–water partition coefficient (Wildman–Crippen LogP) is 4.95. The van der Waals surface area contributed by atoms with Crippen LogP contribution in [-0.4, -0.2) is 20.9 Å². The van der Waals surface area contributed by atoms with Crippen LogP contribution in [0.4, 0.5) is 4.39 Å². The van der Waals surface area contributed by atoms with Gasteiger partial charge in [-0.1, -0.05) is 28.9 Å². The van der Waals surface area contributed by atoms with Crippen molar-refractivity contribution < 1.29 is 9.18 Å². The van der Waals surface area contributed by atoms with E-state index in [0.717, 1.165) is 11.1 Å². The van der Waals surface area contributed by atoms with Crippen LogP contribution in [0.3, 0.4) is 0 Å². The largest absolute Gasteiger partial charge is 0.340 e. The maximum Gasteiger partial charge on any atom is 0.274 e. The van der Waals surface area contributed by atoms with Crippen molar-refractivity contribution in [2.24, 2.45) is 0 Å². The molecule has 0 saturated carbocycles. The van der Waals surface area contributed by atoms with Crippen molar-refractivity contribution in [3.05, 3.63) is 98.7 Å². The lowest BCUT2D eigenvalue weighted by Gasteiger charge is -2.18. The maximum absolute atomic E-state index is 13.2. The minimum absolute atomic E-state index is 0.212. The summed E-state index contributed by atoms with van der Waals surface area (Å²) in [5.41, 5.74) is 3.28. The first-order chi connectivity index (χ1) is 14.0. The molecule has 0 saturated heterocycles. The molecule has 0 aliphatic rings. The zero-order valence-corrected chi connectivity index (χ0v) is 16.9. The van der Waals surface area contributed by atoms with Crippen molar-refractivity contribution in [3.63, 3.8) is 0 Å². The van der Waals surface area contributed by atoms with Crippen molar-refractivity contribution >= 4 is 28.8 Å². The van der Waals surface area contributed by atoms with Crippen LogP contribution in [-0.2, 0) is 0 Å². The second kappa shape index (κ2) is 8.14. The van der Waals surface area contributed by atoms with E-state index in [2.05, 4.69) is 15.6 Å².